The summed E-state index contributed by atoms with van der Waals surface area (Å²) in [5.41, 5.74) is 1.55. The van der Waals surface area contributed by atoms with E-state index in [1.807, 2.05) is 30.0 Å². The van der Waals surface area contributed by atoms with E-state index in [-0.39, 0.29) is 0 Å². The molecule has 3 nitrogen and oxygen atoms in total. The fraction of sp³-hybridized carbons (Fsp3) is 0.647. The zero-order chi connectivity index (χ0) is 15.5. The molecule has 3 rings (SSSR count). The number of fused-ring (bicyclic) bond motifs is 3. The van der Waals surface area contributed by atoms with E-state index in [0.29, 0.717) is 0 Å². The second-order valence-corrected chi connectivity index (χ2v) is 8.01. The van der Waals surface area contributed by atoms with Crippen LogP contribution in [0.1, 0.15) is 43.0 Å². The topological polar surface area (TPSA) is 29.0 Å². The third kappa shape index (κ3) is 3.31. The van der Waals surface area contributed by atoms with Crippen LogP contribution < -0.4 is 0 Å². The SMILES string of the molecule is CCN(CC)CCSc1nc(C)nc2sc3c(c12)CCCC3. The maximum absolute atomic E-state index is 4.77. The molecular weight excluding hydrogens is 310 g/mol. The first-order valence-electron chi connectivity index (χ1n) is 8.37. The fourth-order valence-corrected chi connectivity index (χ4v) is 5.62. The Morgan fingerprint density at radius 2 is 1.91 bits per heavy atom. The van der Waals surface area contributed by atoms with Crippen molar-refractivity contribution in [2.24, 2.45) is 0 Å². The van der Waals surface area contributed by atoms with Crippen LogP contribution in [-0.4, -0.2) is 40.3 Å². The van der Waals surface area contributed by atoms with Gasteiger partial charge in [-0.05, 0) is 51.3 Å². The van der Waals surface area contributed by atoms with Gasteiger partial charge in [0, 0.05) is 22.6 Å². The van der Waals surface area contributed by atoms with Crippen LogP contribution in [0.4, 0.5) is 0 Å². The van der Waals surface area contributed by atoms with Gasteiger partial charge in [0.15, 0.2) is 0 Å². The van der Waals surface area contributed by atoms with Gasteiger partial charge in [0.2, 0.25) is 0 Å². The minimum absolute atomic E-state index is 0.913. The average Bonchev–Trinajstić information content (AvgIpc) is 2.89. The molecule has 0 atom stereocenters. The van der Waals surface area contributed by atoms with E-state index in [1.54, 1.807) is 10.4 Å². The minimum atomic E-state index is 0.913. The van der Waals surface area contributed by atoms with Crippen LogP contribution in [0.3, 0.4) is 0 Å². The standard InChI is InChI=1S/C17H25N3S2/c1-4-20(5-2)10-11-21-16-15-13-8-6-7-9-14(13)22-17(15)19-12(3)18-16/h4-11H2,1-3H3. The smallest absolute Gasteiger partial charge is 0.128 e. The van der Waals surface area contributed by atoms with E-state index in [0.717, 1.165) is 31.2 Å². The summed E-state index contributed by atoms with van der Waals surface area (Å²) >= 11 is 3.82. The predicted molar refractivity (Wildman–Crippen MR) is 97.3 cm³/mol. The molecule has 0 N–H and O–H groups in total. The molecule has 0 saturated heterocycles. The monoisotopic (exact) mass is 335 g/mol. The number of hydrogen-bond acceptors (Lipinski definition) is 5. The molecule has 1 aliphatic carbocycles. The number of aromatic nitrogens is 2. The zero-order valence-electron chi connectivity index (χ0n) is 13.8. The van der Waals surface area contributed by atoms with E-state index >= 15 is 0 Å². The van der Waals surface area contributed by atoms with Gasteiger partial charge in [0.1, 0.15) is 15.7 Å². The van der Waals surface area contributed by atoms with E-state index in [9.17, 15) is 0 Å². The number of aryl methyl sites for hydroxylation is 3. The summed E-state index contributed by atoms with van der Waals surface area (Å²) in [6.45, 7) is 9.88. The van der Waals surface area contributed by atoms with Crippen molar-refractivity contribution in [2.75, 3.05) is 25.4 Å². The van der Waals surface area contributed by atoms with Gasteiger partial charge in [-0.3, -0.25) is 0 Å². The number of thiophene rings is 1. The summed E-state index contributed by atoms with van der Waals surface area (Å²) in [7, 11) is 0. The lowest BCUT2D eigenvalue weighted by Gasteiger charge is -2.17. The Balaban J connectivity index is 1.86. The average molecular weight is 336 g/mol. The molecule has 120 valence electrons. The Kier molecular flexibility index (Phi) is 5.37. The highest BCUT2D eigenvalue weighted by Crippen LogP contribution is 2.39. The first-order valence-corrected chi connectivity index (χ1v) is 10.2. The molecule has 0 unspecified atom stereocenters. The highest BCUT2D eigenvalue weighted by molar-refractivity contribution is 7.99. The van der Waals surface area contributed by atoms with Crippen molar-refractivity contribution in [1.82, 2.24) is 14.9 Å². The molecule has 2 heterocycles. The van der Waals surface area contributed by atoms with Crippen molar-refractivity contribution >= 4 is 33.3 Å². The Labute approximate surface area is 141 Å². The van der Waals surface area contributed by atoms with Gasteiger partial charge in [-0.2, -0.15) is 0 Å². The van der Waals surface area contributed by atoms with Crippen molar-refractivity contribution in [2.45, 2.75) is 51.5 Å². The number of nitrogens with zero attached hydrogens (tertiary/aromatic N) is 3. The van der Waals surface area contributed by atoms with Gasteiger partial charge in [-0.25, -0.2) is 9.97 Å². The molecule has 0 amide bonds. The molecule has 0 bridgehead atoms. The van der Waals surface area contributed by atoms with E-state index in [4.69, 9.17) is 9.97 Å². The lowest BCUT2D eigenvalue weighted by molar-refractivity contribution is 0.324. The van der Waals surface area contributed by atoms with Crippen molar-refractivity contribution in [3.63, 3.8) is 0 Å². The highest BCUT2D eigenvalue weighted by atomic mass is 32.2. The van der Waals surface area contributed by atoms with E-state index in [2.05, 4.69) is 18.7 Å². The van der Waals surface area contributed by atoms with E-state index in [1.165, 1.54) is 40.9 Å². The molecule has 1 aliphatic rings. The lowest BCUT2D eigenvalue weighted by atomic mass is 9.97. The van der Waals surface area contributed by atoms with Crippen LogP contribution in [0.2, 0.25) is 0 Å². The molecule has 2 aromatic rings. The Hall–Kier alpha value is -0.650. The molecule has 0 fully saturated rings. The Bertz CT molecular complexity index is 647. The summed E-state index contributed by atoms with van der Waals surface area (Å²) < 4.78 is 0. The van der Waals surface area contributed by atoms with Gasteiger partial charge < -0.3 is 4.90 Å². The van der Waals surface area contributed by atoms with Crippen molar-refractivity contribution in [1.29, 1.82) is 0 Å². The second kappa shape index (κ2) is 7.28. The normalized spacial score (nSPS) is 14.7. The first kappa shape index (κ1) is 16.2. The predicted octanol–water partition coefficient (Wildman–Crippen LogP) is 4.31. The summed E-state index contributed by atoms with van der Waals surface area (Å²) in [5.74, 6) is 2.02. The quantitative estimate of drug-likeness (QED) is 0.581. The summed E-state index contributed by atoms with van der Waals surface area (Å²) in [6, 6.07) is 0. The number of thioether (sulfide) groups is 1. The molecule has 0 aliphatic heterocycles. The number of hydrogen-bond donors (Lipinski definition) is 0. The van der Waals surface area contributed by atoms with Gasteiger partial charge in [0.25, 0.3) is 0 Å². The first-order chi connectivity index (χ1) is 10.7. The highest BCUT2D eigenvalue weighted by Gasteiger charge is 2.20. The number of rotatable bonds is 6. The van der Waals surface area contributed by atoms with Crippen molar-refractivity contribution in [3.8, 4) is 0 Å². The summed E-state index contributed by atoms with van der Waals surface area (Å²) in [4.78, 5) is 14.7. The Morgan fingerprint density at radius 1 is 1.14 bits per heavy atom. The molecule has 0 saturated carbocycles. The molecular formula is C17H25N3S2. The molecule has 0 radical (unpaired) electrons. The zero-order valence-corrected chi connectivity index (χ0v) is 15.4. The maximum Gasteiger partial charge on any atom is 0.128 e. The largest absolute Gasteiger partial charge is 0.303 e. The summed E-state index contributed by atoms with van der Waals surface area (Å²) in [6.07, 6.45) is 5.09. The maximum atomic E-state index is 4.77. The van der Waals surface area contributed by atoms with Crippen LogP contribution in [0, 0.1) is 6.92 Å². The minimum Gasteiger partial charge on any atom is -0.303 e. The Morgan fingerprint density at radius 3 is 2.68 bits per heavy atom. The third-order valence-corrected chi connectivity index (χ3v) is 6.58. The van der Waals surface area contributed by atoms with Crippen molar-refractivity contribution < 1.29 is 0 Å². The van der Waals surface area contributed by atoms with Crippen LogP contribution in [-0.2, 0) is 12.8 Å². The van der Waals surface area contributed by atoms with Crippen molar-refractivity contribution in [3.05, 3.63) is 16.3 Å². The van der Waals surface area contributed by atoms with E-state index < -0.39 is 0 Å². The second-order valence-electron chi connectivity index (χ2n) is 5.84. The summed E-state index contributed by atoms with van der Waals surface area (Å²) in [5, 5.41) is 2.59. The lowest BCUT2D eigenvalue weighted by Crippen LogP contribution is -2.25. The van der Waals surface area contributed by atoms with Crippen LogP contribution in [0.15, 0.2) is 5.03 Å². The molecule has 2 aromatic heterocycles. The molecule has 5 heteroatoms. The molecule has 22 heavy (non-hydrogen) atoms. The van der Waals surface area contributed by atoms with Crippen LogP contribution in [0.5, 0.6) is 0 Å². The van der Waals surface area contributed by atoms with Crippen LogP contribution >= 0.6 is 23.1 Å². The fourth-order valence-electron chi connectivity index (χ4n) is 3.14. The van der Waals surface area contributed by atoms with Gasteiger partial charge in [-0.1, -0.05) is 13.8 Å². The van der Waals surface area contributed by atoms with Gasteiger partial charge >= 0.3 is 0 Å². The molecule has 0 aromatic carbocycles. The van der Waals surface area contributed by atoms with Crippen LogP contribution in [0.25, 0.3) is 10.2 Å². The van der Waals surface area contributed by atoms with Gasteiger partial charge in [0.05, 0.1) is 0 Å². The van der Waals surface area contributed by atoms with Gasteiger partial charge in [-0.15, -0.1) is 23.1 Å². The third-order valence-electron chi connectivity index (χ3n) is 4.43. The molecule has 0 spiro atoms.